The molecule has 3 aromatic heterocycles. The summed E-state index contributed by atoms with van der Waals surface area (Å²) in [5.41, 5.74) is 0. The normalized spacial score (nSPS) is 10.8. The molecule has 0 spiro atoms. The number of nitrogens with zero attached hydrogens (tertiary/aromatic N) is 2. The smallest absolute Gasteiger partial charge is 0.217 e. The number of aromatic amines is 1. The lowest BCUT2D eigenvalue weighted by atomic mass is 10.4. The van der Waals surface area contributed by atoms with Crippen LogP contribution in [0, 0.1) is 0 Å². The van der Waals surface area contributed by atoms with E-state index in [2.05, 4.69) is 15.2 Å². The van der Waals surface area contributed by atoms with Gasteiger partial charge in [0.05, 0.1) is 4.88 Å². The molecule has 1 N–H and O–H groups in total. The zero-order valence-corrected chi connectivity index (χ0v) is 9.55. The molecule has 80 valence electrons. The van der Waals surface area contributed by atoms with Crippen LogP contribution in [0.15, 0.2) is 34.1 Å². The Morgan fingerprint density at radius 2 is 2.25 bits per heavy atom. The number of halogens is 1. The molecule has 0 saturated carbocycles. The van der Waals surface area contributed by atoms with E-state index in [9.17, 15) is 0 Å². The van der Waals surface area contributed by atoms with E-state index in [1.54, 1.807) is 23.5 Å². The van der Waals surface area contributed by atoms with Gasteiger partial charge in [0.25, 0.3) is 0 Å². The summed E-state index contributed by atoms with van der Waals surface area (Å²) in [6.45, 7) is 0. The summed E-state index contributed by atoms with van der Waals surface area (Å²) in [6, 6.07) is 7.35. The minimum atomic E-state index is 0.331. The van der Waals surface area contributed by atoms with Gasteiger partial charge in [-0.2, -0.15) is 0 Å². The minimum absolute atomic E-state index is 0.331. The Morgan fingerprint density at radius 3 is 2.94 bits per heavy atom. The quantitative estimate of drug-likeness (QED) is 0.759. The summed E-state index contributed by atoms with van der Waals surface area (Å²) in [5.74, 6) is 1.80. The van der Waals surface area contributed by atoms with Gasteiger partial charge in [0.2, 0.25) is 5.82 Å². The molecule has 0 amide bonds. The molecule has 0 atom stereocenters. The number of H-pyrrole nitrogens is 1. The van der Waals surface area contributed by atoms with E-state index in [1.807, 2.05) is 17.5 Å². The van der Waals surface area contributed by atoms with Crippen molar-refractivity contribution in [3.63, 3.8) is 0 Å². The third-order valence-electron chi connectivity index (χ3n) is 2.03. The van der Waals surface area contributed by atoms with Crippen LogP contribution >= 0.6 is 22.9 Å². The van der Waals surface area contributed by atoms with Crippen molar-refractivity contribution in [2.75, 3.05) is 0 Å². The predicted octanol–water partition coefficient (Wildman–Crippen LogP) is 3.45. The molecule has 16 heavy (non-hydrogen) atoms. The fraction of sp³-hybridized carbons (Fsp3) is 0. The highest BCUT2D eigenvalue weighted by Gasteiger charge is 2.11. The Labute approximate surface area is 99.9 Å². The van der Waals surface area contributed by atoms with Crippen molar-refractivity contribution in [2.24, 2.45) is 0 Å². The van der Waals surface area contributed by atoms with E-state index in [1.165, 1.54) is 0 Å². The number of aromatic nitrogens is 3. The molecule has 6 heteroatoms. The molecule has 0 saturated heterocycles. The van der Waals surface area contributed by atoms with Gasteiger partial charge in [-0.15, -0.1) is 16.4 Å². The maximum atomic E-state index is 5.69. The van der Waals surface area contributed by atoms with Crippen molar-refractivity contribution in [1.29, 1.82) is 0 Å². The van der Waals surface area contributed by atoms with Crippen molar-refractivity contribution in [1.82, 2.24) is 15.2 Å². The number of nitrogens with one attached hydrogen (secondary N) is 1. The number of rotatable bonds is 2. The van der Waals surface area contributed by atoms with Crippen LogP contribution in [0.5, 0.6) is 0 Å². The number of thiophene rings is 1. The topological polar surface area (TPSA) is 54.7 Å². The van der Waals surface area contributed by atoms with E-state index in [-0.39, 0.29) is 0 Å². The molecule has 0 bridgehead atoms. The molecular weight excluding hydrogens is 246 g/mol. The van der Waals surface area contributed by atoms with Gasteiger partial charge in [-0.1, -0.05) is 6.07 Å². The molecule has 0 aliphatic rings. The average Bonchev–Trinajstić information content (AvgIpc) is 2.97. The second-order valence-electron chi connectivity index (χ2n) is 3.09. The highest BCUT2D eigenvalue weighted by molar-refractivity contribution is 7.13. The van der Waals surface area contributed by atoms with Crippen molar-refractivity contribution in [3.05, 3.63) is 34.9 Å². The van der Waals surface area contributed by atoms with Crippen LogP contribution in [0.2, 0.25) is 5.22 Å². The average molecular weight is 252 g/mol. The monoisotopic (exact) mass is 251 g/mol. The molecule has 4 nitrogen and oxygen atoms in total. The van der Waals surface area contributed by atoms with Gasteiger partial charge in [-0.05, 0) is 35.2 Å². The fourth-order valence-corrected chi connectivity index (χ4v) is 2.14. The molecular formula is C10H6ClN3OS. The number of hydrogen-bond donors (Lipinski definition) is 1. The summed E-state index contributed by atoms with van der Waals surface area (Å²) >= 11 is 7.29. The second kappa shape index (κ2) is 3.77. The maximum absolute atomic E-state index is 5.69. The van der Waals surface area contributed by atoms with E-state index in [0.717, 1.165) is 10.7 Å². The van der Waals surface area contributed by atoms with Crippen LogP contribution in [0.3, 0.4) is 0 Å². The fourth-order valence-electron chi connectivity index (χ4n) is 1.33. The number of hydrogen-bond acceptors (Lipinski definition) is 4. The molecule has 0 aliphatic heterocycles. The first-order valence-corrected chi connectivity index (χ1v) is 5.81. The highest BCUT2D eigenvalue weighted by atomic mass is 35.5. The lowest BCUT2D eigenvalue weighted by Crippen LogP contribution is -1.75. The maximum Gasteiger partial charge on any atom is 0.217 e. The van der Waals surface area contributed by atoms with Gasteiger partial charge < -0.3 is 4.42 Å². The molecule has 0 unspecified atom stereocenters. The Kier molecular flexibility index (Phi) is 2.27. The molecule has 3 heterocycles. The van der Waals surface area contributed by atoms with Crippen LogP contribution in [-0.2, 0) is 0 Å². The predicted molar refractivity (Wildman–Crippen MR) is 62.4 cm³/mol. The van der Waals surface area contributed by atoms with Gasteiger partial charge >= 0.3 is 0 Å². The summed E-state index contributed by atoms with van der Waals surface area (Å²) in [5, 5.41) is 9.25. The van der Waals surface area contributed by atoms with Gasteiger partial charge in [0.1, 0.15) is 0 Å². The van der Waals surface area contributed by atoms with Crippen LogP contribution in [0.1, 0.15) is 0 Å². The minimum Gasteiger partial charge on any atom is -0.441 e. The summed E-state index contributed by atoms with van der Waals surface area (Å²) in [4.78, 5) is 5.37. The van der Waals surface area contributed by atoms with Gasteiger partial charge in [0, 0.05) is 0 Å². The molecule has 3 rings (SSSR count). The van der Waals surface area contributed by atoms with Crippen molar-refractivity contribution >= 4 is 22.9 Å². The number of furan rings is 1. The Morgan fingerprint density at radius 1 is 1.31 bits per heavy atom. The summed E-state index contributed by atoms with van der Waals surface area (Å²) in [7, 11) is 0. The zero-order chi connectivity index (χ0) is 11.0. The van der Waals surface area contributed by atoms with Crippen LogP contribution in [0.4, 0.5) is 0 Å². The van der Waals surface area contributed by atoms with E-state index >= 15 is 0 Å². The van der Waals surface area contributed by atoms with Crippen LogP contribution in [-0.4, -0.2) is 15.2 Å². The lowest BCUT2D eigenvalue weighted by Gasteiger charge is -1.86. The third kappa shape index (κ3) is 1.64. The molecule has 0 fully saturated rings. The Bertz CT molecular complexity index is 599. The first-order valence-electron chi connectivity index (χ1n) is 4.55. The largest absolute Gasteiger partial charge is 0.441 e. The zero-order valence-electron chi connectivity index (χ0n) is 7.98. The standard InChI is InChI=1S/C10H6ClN3OS/c11-8-4-3-6(15-8)9-12-10(14-13-9)7-2-1-5-16-7/h1-5H,(H,12,13,14). The first-order chi connectivity index (χ1) is 7.83. The molecule has 0 radical (unpaired) electrons. The molecule has 0 aliphatic carbocycles. The van der Waals surface area contributed by atoms with E-state index in [0.29, 0.717) is 16.8 Å². The summed E-state index contributed by atoms with van der Waals surface area (Å²) < 4.78 is 5.22. The second-order valence-corrected chi connectivity index (χ2v) is 4.41. The van der Waals surface area contributed by atoms with E-state index in [4.69, 9.17) is 16.0 Å². The van der Waals surface area contributed by atoms with Crippen molar-refractivity contribution in [3.8, 4) is 22.3 Å². The summed E-state index contributed by atoms with van der Waals surface area (Å²) in [6.07, 6.45) is 0. The lowest BCUT2D eigenvalue weighted by molar-refractivity contribution is 0.579. The Balaban J connectivity index is 2.00. The van der Waals surface area contributed by atoms with E-state index < -0.39 is 0 Å². The van der Waals surface area contributed by atoms with Gasteiger partial charge in [0.15, 0.2) is 16.8 Å². The van der Waals surface area contributed by atoms with Gasteiger partial charge in [-0.25, -0.2) is 4.98 Å². The van der Waals surface area contributed by atoms with Crippen LogP contribution in [0.25, 0.3) is 22.3 Å². The van der Waals surface area contributed by atoms with Crippen LogP contribution < -0.4 is 0 Å². The molecule has 3 aromatic rings. The van der Waals surface area contributed by atoms with Gasteiger partial charge in [-0.3, -0.25) is 5.10 Å². The SMILES string of the molecule is Clc1ccc(-c2n[nH]c(-c3cccs3)n2)o1. The van der Waals surface area contributed by atoms with Crippen molar-refractivity contribution in [2.45, 2.75) is 0 Å². The third-order valence-corrected chi connectivity index (χ3v) is 3.11. The van der Waals surface area contributed by atoms with Crippen molar-refractivity contribution < 1.29 is 4.42 Å². The highest BCUT2D eigenvalue weighted by Crippen LogP contribution is 2.25. The molecule has 0 aromatic carbocycles. The first kappa shape index (κ1) is 9.62. The Hall–Kier alpha value is -1.59.